The molecule has 0 aromatic rings. The molecule has 2 aliphatic heterocycles. The molecule has 0 aromatic carbocycles. The molecule has 5 heteroatoms. The quantitative estimate of drug-likeness (QED) is 0.427. The van der Waals surface area contributed by atoms with Crippen molar-refractivity contribution in [2.24, 2.45) is 0 Å². The van der Waals surface area contributed by atoms with Crippen LogP contribution in [0.2, 0.25) is 0 Å². The van der Waals surface area contributed by atoms with Gasteiger partial charge in [0.1, 0.15) is 0 Å². The lowest BCUT2D eigenvalue weighted by atomic mass is 10.3. The van der Waals surface area contributed by atoms with Crippen LogP contribution in [-0.4, -0.2) is 24.0 Å². The van der Waals surface area contributed by atoms with Crippen molar-refractivity contribution in [1.29, 1.82) is 0 Å². The van der Waals surface area contributed by atoms with E-state index in [1.54, 1.807) is 0 Å². The van der Waals surface area contributed by atoms with Crippen molar-refractivity contribution in [2.45, 2.75) is 25.4 Å². The molecule has 0 aliphatic carbocycles. The van der Waals surface area contributed by atoms with Gasteiger partial charge in [-0.15, -0.1) is 0 Å². The van der Waals surface area contributed by atoms with Gasteiger partial charge < -0.3 is 9.47 Å². The van der Waals surface area contributed by atoms with Crippen LogP contribution >= 0.6 is 0 Å². The van der Waals surface area contributed by atoms with Gasteiger partial charge in [0.2, 0.25) is 0 Å². The number of rotatable bonds is 1. The minimum absolute atomic E-state index is 0.333. The van der Waals surface area contributed by atoms with Gasteiger partial charge in [0.25, 0.3) is 0 Å². The first-order valence-electron chi connectivity index (χ1n) is 3.98. The maximum Gasteiger partial charge on any atom is 0.405 e. The van der Waals surface area contributed by atoms with E-state index in [0.29, 0.717) is 6.42 Å². The van der Waals surface area contributed by atoms with E-state index in [1.165, 1.54) is 0 Å². The lowest BCUT2D eigenvalue weighted by molar-refractivity contribution is -0.215. The molecule has 0 bridgehead atoms. The number of hydrogen-bond donors (Lipinski definition) is 0. The Hall–Kier alpha value is -1.36. The normalized spacial score (nSPS) is 29.5. The van der Waals surface area contributed by atoms with E-state index in [0.717, 1.165) is 12.2 Å². The summed E-state index contributed by atoms with van der Waals surface area (Å²) in [6.45, 7) is 1.85. The minimum atomic E-state index is -1.44. The molecule has 1 unspecified atom stereocenters. The van der Waals surface area contributed by atoms with Crippen molar-refractivity contribution in [1.82, 2.24) is 0 Å². The van der Waals surface area contributed by atoms with Gasteiger partial charge in [0, 0.05) is 12.2 Å². The predicted octanol–water partition coefficient (Wildman–Crippen LogP) is 0.105. The third kappa shape index (κ3) is 1.31. The van der Waals surface area contributed by atoms with Crippen molar-refractivity contribution in [3.63, 3.8) is 0 Å². The van der Waals surface area contributed by atoms with Crippen LogP contribution in [0, 0.1) is 0 Å². The summed E-state index contributed by atoms with van der Waals surface area (Å²) in [7, 11) is 0. The van der Waals surface area contributed by atoms with Gasteiger partial charge in [-0.1, -0.05) is 6.92 Å². The summed E-state index contributed by atoms with van der Waals surface area (Å²) in [5.74, 6) is -2.68. The van der Waals surface area contributed by atoms with Crippen molar-refractivity contribution in [2.75, 3.05) is 0 Å². The van der Waals surface area contributed by atoms with Crippen LogP contribution in [0.4, 0.5) is 0 Å². The highest BCUT2D eigenvalue weighted by atomic mass is 17.0. The summed E-state index contributed by atoms with van der Waals surface area (Å²) in [6, 6.07) is 0. The second-order valence-corrected chi connectivity index (χ2v) is 2.79. The van der Waals surface area contributed by atoms with Crippen LogP contribution in [0.25, 0.3) is 0 Å². The summed E-state index contributed by atoms with van der Waals surface area (Å²) in [4.78, 5) is 21.8. The molecular formula is C8H8O5. The number of carbonyl (C=O) groups excluding carboxylic acids is 2. The maximum atomic E-state index is 10.9. The Bertz CT molecular complexity index is 273. The Morgan fingerprint density at radius 1 is 1.31 bits per heavy atom. The van der Waals surface area contributed by atoms with Crippen LogP contribution in [0.15, 0.2) is 12.2 Å². The molecule has 1 atom stereocenters. The molecule has 70 valence electrons. The van der Waals surface area contributed by atoms with Gasteiger partial charge in [-0.25, -0.2) is 9.59 Å². The molecule has 0 amide bonds. The minimum Gasteiger partial charge on any atom is -0.393 e. The standard InChI is InChI=1S/C8H8O5/c1-2-5-8(11-5)12-6(9)3-4-7(10)13-8/h3-5H,2H2,1H3. The first-order chi connectivity index (χ1) is 6.16. The lowest BCUT2D eigenvalue weighted by Crippen LogP contribution is -2.26. The third-order valence-corrected chi connectivity index (χ3v) is 1.86. The van der Waals surface area contributed by atoms with E-state index >= 15 is 0 Å². The van der Waals surface area contributed by atoms with E-state index in [9.17, 15) is 9.59 Å². The highest BCUT2D eigenvalue weighted by Crippen LogP contribution is 2.42. The zero-order valence-electron chi connectivity index (χ0n) is 6.98. The van der Waals surface area contributed by atoms with Gasteiger partial charge in [-0.2, -0.15) is 0 Å². The molecule has 1 fully saturated rings. The van der Waals surface area contributed by atoms with Crippen molar-refractivity contribution < 1.29 is 23.8 Å². The summed E-state index contributed by atoms with van der Waals surface area (Å²) < 4.78 is 14.6. The van der Waals surface area contributed by atoms with E-state index < -0.39 is 17.9 Å². The average Bonchev–Trinajstić information content (AvgIpc) is 2.76. The topological polar surface area (TPSA) is 65.1 Å². The van der Waals surface area contributed by atoms with Gasteiger partial charge in [0.05, 0.1) is 0 Å². The van der Waals surface area contributed by atoms with E-state index in [4.69, 9.17) is 14.2 Å². The highest BCUT2D eigenvalue weighted by molar-refractivity contribution is 5.93. The van der Waals surface area contributed by atoms with E-state index in [2.05, 4.69) is 0 Å². The van der Waals surface area contributed by atoms with Crippen molar-refractivity contribution in [3.8, 4) is 0 Å². The number of hydrogen-bond acceptors (Lipinski definition) is 5. The van der Waals surface area contributed by atoms with Crippen molar-refractivity contribution in [3.05, 3.63) is 12.2 Å². The molecule has 5 nitrogen and oxygen atoms in total. The Balaban J connectivity index is 2.16. The zero-order chi connectivity index (χ0) is 9.47. The second-order valence-electron chi connectivity index (χ2n) is 2.79. The summed E-state index contributed by atoms with van der Waals surface area (Å²) >= 11 is 0. The molecule has 0 saturated carbocycles. The summed E-state index contributed by atoms with van der Waals surface area (Å²) in [5.41, 5.74) is 0. The van der Waals surface area contributed by atoms with Crippen LogP contribution in [0.1, 0.15) is 13.3 Å². The Kier molecular flexibility index (Phi) is 1.63. The number of epoxide rings is 1. The SMILES string of the molecule is CCC1OC12OC(=O)C=CC(=O)O2. The van der Waals surface area contributed by atoms with Crippen LogP contribution in [-0.2, 0) is 23.8 Å². The van der Waals surface area contributed by atoms with Gasteiger partial charge >= 0.3 is 17.9 Å². The molecule has 0 N–H and O–H groups in total. The monoisotopic (exact) mass is 184 g/mol. The molecule has 2 heterocycles. The zero-order valence-corrected chi connectivity index (χ0v) is 6.98. The van der Waals surface area contributed by atoms with Crippen LogP contribution < -0.4 is 0 Å². The molecule has 1 spiro atoms. The number of esters is 2. The van der Waals surface area contributed by atoms with Crippen LogP contribution in [0.5, 0.6) is 0 Å². The fourth-order valence-corrected chi connectivity index (χ4v) is 1.18. The fourth-order valence-electron chi connectivity index (χ4n) is 1.18. The van der Waals surface area contributed by atoms with E-state index in [1.807, 2.05) is 6.92 Å². The third-order valence-electron chi connectivity index (χ3n) is 1.86. The Labute approximate surface area is 74.3 Å². The first-order valence-corrected chi connectivity index (χ1v) is 3.98. The molecule has 0 radical (unpaired) electrons. The van der Waals surface area contributed by atoms with Crippen molar-refractivity contribution >= 4 is 11.9 Å². The van der Waals surface area contributed by atoms with Gasteiger partial charge in [-0.05, 0) is 6.42 Å². The largest absolute Gasteiger partial charge is 0.405 e. The lowest BCUT2D eigenvalue weighted by Gasteiger charge is -2.09. The maximum absolute atomic E-state index is 10.9. The summed E-state index contributed by atoms with van der Waals surface area (Å²) in [6.07, 6.45) is 2.33. The molecule has 1 saturated heterocycles. The van der Waals surface area contributed by atoms with E-state index in [-0.39, 0.29) is 6.10 Å². The van der Waals surface area contributed by atoms with Crippen LogP contribution in [0.3, 0.4) is 0 Å². The Morgan fingerprint density at radius 3 is 2.23 bits per heavy atom. The summed E-state index contributed by atoms with van der Waals surface area (Å²) in [5, 5.41) is 0. The van der Waals surface area contributed by atoms with Gasteiger partial charge in [0.15, 0.2) is 6.10 Å². The molecule has 2 aliphatic rings. The fraction of sp³-hybridized carbons (Fsp3) is 0.500. The molecule has 13 heavy (non-hydrogen) atoms. The predicted molar refractivity (Wildman–Crippen MR) is 39.2 cm³/mol. The molecular weight excluding hydrogens is 176 g/mol. The number of ether oxygens (including phenoxy) is 3. The molecule has 0 aromatic heterocycles. The highest BCUT2D eigenvalue weighted by Gasteiger charge is 2.64. The smallest absolute Gasteiger partial charge is 0.393 e. The second kappa shape index (κ2) is 2.56. The Morgan fingerprint density at radius 2 is 1.85 bits per heavy atom. The molecule has 2 rings (SSSR count). The van der Waals surface area contributed by atoms with Gasteiger partial charge in [-0.3, -0.25) is 4.74 Å². The average molecular weight is 184 g/mol. The number of carbonyl (C=O) groups is 2. The first kappa shape index (κ1) is 8.25.